The first-order valence-corrected chi connectivity index (χ1v) is 5.38. The Morgan fingerprint density at radius 2 is 2.31 bits per heavy atom. The SMILES string of the molecule is O=C(O)CCCCc1ccn2cncc2c1. The molecule has 2 aromatic rings. The van der Waals surface area contributed by atoms with Crippen LogP contribution in [0.15, 0.2) is 30.9 Å². The molecular formula is C12H14N2O2. The molecule has 0 unspecified atom stereocenters. The molecule has 0 saturated carbocycles. The first kappa shape index (κ1) is 10.7. The van der Waals surface area contributed by atoms with Gasteiger partial charge in [-0.2, -0.15) is 0 Å². The van der Waals surface area contributed by atoms with Crippen molar-refractivity contribution in [1.82, 2.24) is 9.38 Å². The van der Waals surface area contributed by atoms with Crippen molar-refractivity contribution in [1.29, 1.82) is 0 Å². The molecule has 16 heavy (non-hydrogen) atoms. The summed E-state index contributed by atoms with van der Waals surface area (Å²) in [5, 5.41) is 8.51. The van der Waals surface area contributed by atoms with Crippen LogP contribution in [0.1, 0.15) is 24.8 Å². The van der Waals surface area contributed by atoms with Crippen molar-refractivity contribution in [2.24, 2.45) is 0 Å². The zero-order valence-corrected chi connectivity index (χ0v) is 8.97. The molecular weight excluding hydrogens is 204 g/mol. The van der Waals surface area contributed by atoms with Crippen molar-refractivity contribution in [3.8, 4) is 0 Å². The largest absolute Gasteiger partial charge is 0.481 e. The minimum Gasteiger partial charge on any atom is -0.481 e. The summed E-state index contributed by atoms with van der Waals surface area (Å²) in [6.07, 6.45) is 8.40. The average molecular weight is 218 g/mol. The summed E-state index contributed by atoms with van der Waals surface area (Å²) in [5.41, 5.74) is 2.31. The Bertz CT molecular complexity index is 490. The molecule has 4 nitrogen and oxygen atoms in total. The molecule has 2 rings (SSSR count). The normalized spacial score (nSPS) is 10.8. The van der Waals surface area contributed by atoms with E-state index < -0.39 is 5.97 Å². The van der Waals surface area contributed by atoms with Crippen LogP contribution in [0.2, 0.25) is 0 Å². The van der Waals surface area contributed by atoms with E-state index in [2.05, 4.69) is 17.1 Å². The number of carboxylic acids is 1. The Hall–Kier alpha value is -1.84. The lowest BCUT2D eigenvalue weighted by Crippen LogP contribution is -1.95. The Kier molecular flexibility index (Phi) is 3.19. The molecule has 0 aliphatic rings. The van der Waals surface area contributed by atoms with Crippen LogP contribution in [-0.2, 0) is 11.2 Å². The van der Waals surface area contributed by atoms with Crippen molar-refractivity contribution < 1.29 is 9.90 Å². The Morgan fingerprint density at radius 3 is 3.12 bits per heavy atom. The van der Waals surface area contributed by atoms with Gasteiger partial charge in [0.1, 0.15) is 0 Å². The molecule has 0 atom stereocenters. The molecule has 0 aromatic carbocycles. The first-order chi connectivity index (χ1) is 7.75. The smallest absolute Gasteiger partial charge is 0.303 e. The molecule has 0 aliphatic carbocycles. The number of hydrogen-bond donors (Lipinski definition) is 1. The number of fused-ring (bicyclic) bond motifs is 1. The van der Waals surface area contributed by atoms with Gasteiger partial charge >= 0.3 is 5.97 Å². The lowest BCUT2D eigenvalue weighted by molar-refractivity contribution is -0.137. The maximum atomic E-state index is 10.3. The van der Waals surface area contributed by atoms with Crippen LogP contribution in [0.25, 0.3) is 5.52 Å². The van der Waals surface area contributed by atoms with E-state index >= 15 is 0 Å². The summed E-state index contributed by atoms with van der Waals surface area (Å²) >= 11 is 0. The van der Waals surface area contributed by atoms with Gasteiger partial charge in [-0.25, -0.2) is 4.98 Å². The summed E-state index contributed by atoms with van der Waals surface area (Å²) in [5.74, 6) is -0.716. The van der Waals surface area contributed by atoms with Gasteiger partial charge in [0.2, 0.25) is 0 Å². The fourth-order valence-corrected chi connectivity index (χ4v) is 1.73. The summed E-state index contributed by atoms with van der Waals surface area (Å²) in [4.78, 5) is 14.4. The number of pyridine rings is 1. The van der Waals surface area contributed by atoms with Crippen molar-refractivity contribution >= 4 is 11.5 Å². The highest BCUT2D eigenvalue weighted by molar-refractivity contribution is 5.66. The van der Waals surface area contributed by atoms with Crippen LogP contribution < -0.4 is 0 Å². The fraction of sp³-hybridized carbons (Fsp3) is 0.333. The monoisotopic (exact) mass is 218 g/mol. The Morgan fingerprint density at radius 1 is 1.44 bits per heavy atom. The van der Waals surface area contributed by atoms with E-state index in [9.17, 15) is 4.79 Å². The van der Waals surface area contributed by atoms with Gasteiger partial charge in [-0.1, -0.05) is 0 Å². The zero-order valence-electron chi connectivity index (χ0n) is 8.97. The van der Waals surface area contributed by atoms with Crippen molar-refractivity contribution in [3.63, 3.8) is 0 Å². The Labute approximate surface area is 93.5 Å². The van der Waals surface area contributed by atoms with Crippen molar-refractivity contribution in [3.05, 3.63) is 36.4 Å². The van der Waals surface area contributed by atoms with Crippen molar-refractivity contribution in [2.45, 2.75) is 25.7 Å². The average Bonchev–Trinajstić information content (AvgIpc) is 2.71. The fourth-order valence-electron chi connectivity index (χ4n) is 1.73. The van der Waals surface area contributed by atoms with Gasteiger partial charge in [-0.15, -0.1) is 0 Å². The van der Waals surface area contributed by atoms with E-state index in [0.29, 0.717) is 0 Å². The van der Waals surface area contributed by atoms with Crippen LogP contribution in [0.4, 0.5) is 0 Å². The molecule has 1 N–H and O–H groups in total. The molecule has 0 radical (unpaired) electrons. The van der Waals surface area contributed by atoms with Gasteiger partial charge in [0.15, 0.2) is 0 Å². The molecule has 0 bridgehead atoms. The quantitative estimate of drug-likeness (QED) is 0.782. The number of unbranched alkanes of at least 4 members (excludes halogenated alkanes) is 1. The third-order valence-corrected chi connectivity index (χ3v) is 2.58. The predicted molar refractivity (Wildman–Crippen MR) is 60.4 cm³/mol. The molecule has 0 amide bonds. The molecule has 2 aromatic heterocycles. The number of carbonyl (C=O) groups is 1. The predicted octanol–water partition coefficient (Wildman–Crippen LogP) is 2.13. The van der Waals surface area contributed by atoms with Gasteiger partial charge in [-0.05, 0) is 37.0 Å². The third kappa shape index (κ3) is 2.59. The number of nitrogens with zero attached hydrogens (tertiary/aromatic N) is 2. The second-order valence-electron chi connectivity index (χ2n) is 3.86. The number of carboxylic acid groups (broad SMARTS) is 1. The zero-order chi connectivity index (χ0) is 11.4. The van der Waals surface area contributed by atoms with E-state index in [0.717, 1.165) is 24.8 Å². The third-order valence-electron chi connectivity index (χ3n) is 2.58. The molecule has 0 spiro atoms. The van der Waals surface area contributed by atoms with E-state index in [1.54, 1.807) is 6.33 Å². The highest BCUT2D eigenvalue weighted by atomic mass is 16.4. The van der Waals surface area contributed by atoms with Gasteiger partial charge < -0.3 is 9.51 Å². The van der Waals surface area contributed by atoms with E-state index in [4.69, 9.17) is 5.11 Å². The summed E-state index contributed by atoms with van der Waals surface area (Å²) in [6.45, 7) is 0. The summed E-state index contributed by atoms with van der Waals surface area (Å²) < 4.78 is 1.96. The highest BCUT2D eigenvalue weighted by Crippen LogP contribution is 2.10. The van der Waals surface area contributed by atoms with Gasteiger partial charge in [0.25, 0.3) is 0 Å². The second kappa shape index (κ2) is 4.79. The maximum absolute atomic E-state index is 10.3. The first-order valence-electron chi connectivity index (χ1n) is 5.38. The van der Waals surface area contributed by atoms with Gasteiger partial charge in [0.05, 0.1) is 18.0 Å². The number of hydrogen-bond acceptors (Lipinski definition) is 2. The summed E-state index contributed by atoms with van der Waals surface area (Å²) in [6, 6.07) is 4.14. The van der Waals surface area contributed by atoms with Crippen LogP contribution >= 0.6 is 0 Å². The standard InChI is InChI=1S/C12H14N2O2/c15-12(16)4-2-1-3-10-5-6-14-9-13-8-11(14)7-10/h5-9H,1-4H2,(H,15,16). The number of imidazole rings is 1. The minimum absolute atomic E-state index is 0.259. The van der Waals surface area contributed by atoms with E-state index in [1.807, 2.05) is 16.8 Å². The van der Waals surface area contributed by atoms with Crippen LogP contribution in [0.3, 0.4) is 0 Å². The molecule has 2 heterocycles. The molecule has 4 heteroatoms. The van der Waals surface area contributed by atoms with Crippen LogP contribution in [-0.4, -0.2) is 20.5 Å². The number of aryl methyl sites for hydroxylation is 1. The Balaban J connectivity index is 1.91. The number of aliphatic carboxylic acids is 1. The topological polar surface area (TPSA) is 54.6 Å². The highest BCUT2D eigenvalue weighted by Gasteiger charge is 1.99. The van der Waals surface area contributed by atoms with Gasteiger partial charge in [-0.3, -0.25) is 4.79 Å². The van der Waals surface area contributed by atoms with Crippen LogP contribution in [0.5, 0.6) is 0 Å². The van der Waals surface area contributed by atoms with Crippen LogP contribution in [0, 0.1) is 0 Å². The van der Waals surface area contributed by atoms with Crippen molar-refractivity contribution in [2.75, 3.05) is 0 Å². The second-order valence-corrected chi connectivity index (χ2v) is 3.86. The van der Waals surface area contributed by atoms with E-state index in [-0.39, 0.29) is 6.42 Å². The molecule has 84 valence electrons. The number of aromatic nitrogens is 2. The van der Waals surface area contributed by atoms with E-state index in [1.165, 1.54) is 5.56 Å². The molecule has 0 saturated heterocycles. The lowest BCUT2D eigenvalue weighted by atomic mass is 10.1. The number of rotatable bonds is 5. The lowest BCUT2D eigenvalue weighted by Gasteiger charge is -2.01. The molecule has 0 fully saturated rings. The molecule has 0 aliphatic heterocycles. The minimum atomic E-state index is -0.716. The maximum Gasteiger partial charge on any atom is 0.303 e. The van der Waals surface area contributed by atoms with Gasteiger partial charge in [0, 0.05) is 12.6 Å². The summed E-state index contributed by atoms with van der Waals surface area (Å²) in [7, 11) is 0.